The molecule has 5 N–H and O–H groups in total. The van der Waals surface area contributed by atoms with Crippen LogP contribution in [0.25, 0.3) is 0 Å². The Labute approximate surface area is 120 Å². The smallest absolute Gasteiger partial charge is 0.124 e. The predicted octanol–water partition coefficient (Wildman–Crippen LogP) is -0.880. The summed E-state index contributed by atoms with van der Waals surface area (Å²) < 4.78 is 0. The molecule has 0 saturated carbocycles. The summed E-state index contributed by atoms with van der Waals surface area (Å²) in [6, 6.07) is 0.0957. The molecule has 0 spiro atoms. The maximum absolute atomic E-state index is 5.95. The molecule has 5 nitrogen and oxygen atoms in total. The summed E-state index contributed by atoms with van der Waals surface area (Å²) in [5, 5.41) is 16.8. The highest BCUT2D eigenvalue weighted by molar-refractivity contribution is 6.44. The minimum atomic E-state index is -0.386. The SMILES string of the molecule is ClC(Cl)C1CNCCNCCNCCNCCN1. The van der Waals surface area contributed by atoms with Crippen molar-refractivity contribution in [2.75, 3.05) is 58.9 Å². The minimum Gasteiger partial charge on any atom is -0.314 e. The fraction of sp³-hybridized carbons (Fsp3) is 1.00. The van der Waals surface area contributed by atoms with E-state index in [1.165, 1.54) is 0 Å². The van der Waals surface area contributed by atoms with Crippen molar-refractivity contribution in [3.8, 4) is 0 Å². The van der Waals surface area contributed by atoms with Gasteiger partial charge in [0, 0.05) is 64.9 Å². The lowest BCUT2D eigenvalue weighted by molar-refractivity contribution is 0.483. The Hall–Kier alpha value is 0.380. The summed E-state index contributed by atoms with van der Waals surface area (Å²) in [6.07, 6.45) is 0. The largest absolute Gasteiger partial charge is 0.314 e. The van der Waals surface area contributed by atoms with Gasteiger partial charge in [-0.05, 0) is 0 Å². The van der Waals surface area contributed by atoms with Crippen molar-refractivity contribution in [3.05, 3.63) is 0 Å². The molecule has 1 fully saturated rings. The van der Waals surface area contributed by atoms with E-state index in [4.69, 9.17) is 23.2 Å². The highest BCUT2D eigenvalue weighted by Crippen LogP contribution is 2.06. The van der Waals surface area contributed by atoms with Crippen molar-refractivity contribution < 1.29 is 0 Å². The van der Waals surface area contributed by atoms with Crippen LogP contribution in [0.1, 0.15) is 0 Å². The van der Waals surface area contributed by atoms with Crippen LogP contribution in [0.15, 0.2) is 0 Å². The molecule has 0 aromatic carbocycles. The van der Waals surface area contributed by atoms with Crippen molar-refractivity contribution in [2.24, 2.45) is 0 Å². The molecule has 0 aromatic rings. The van der Waals surface area contributed by atoms with Gasteiger partial charge in [0.1, 0.15) is 4.84 Å². The Kier molecular flexibility index (Phi) is 10.3. The van der Waals surface area contributed by atoms with Crippen molar-refractivity contribution in [3.63, 3.8) is 0 Å². The summed E-state index contributed by atoms with van der Waals surface area (Å²) in [6.45, 7) is 8.46. The van der Waals surface area contributed by atoms with Crippen molar-refractivity contribution >= 4 is 23.2 Å². The van der Waals surface area contributed by atoms with Gasteiger partial charge in [-0.3, -0.25) is 0 Å². The van der Waals surface area contributed by atoms with Crippen LogP contribution in [-0.2, 0) is 0 Å². The third-order valence-electron chi connectivity index (χ3n) is 2.81. The van der Waals surface area contributed by atoms with Gasteiger partial charge in [0.25, 0.3) is 0 Å². The minimum absolute atomic E-state index is 0.0957. The second kappa shape index (κ2) is 11.2. The molecule has 108 valence electrons. The monoisotopic (exact) mass is 297 g/mol. The van der Waals surface area contributed by atoms with E-state index in [2.05, 4.69) is 26.6 Å². The fourth-order valence-electron chi connectivity index (χ4n) is 1.76. The van der Waals surface area contributed by atoms with Gasteiger partial charge in [0.15, 0.2) is 0 Å². The van der Waals surface area contributed by atoms with E-state index in [1.54, 1.807) is 0 Å². The predicted molar refractivity (Wildman–Crippen MR) is 78.8 cm³/mol. The lowest BCUT2D eigenvalue weighted by Gasteiger charge is -2.20. The van der Waals surface area contributed by atoms with Gasteiger partial charge in [0.2, 0.25) is 0 Å². The van der Waals surface area contributed by atoms with E-state index < -0.39 is 0 Å². The molecule has 1 unspecified atom stereocenters. The third kappa shape index (κ3) is 8.48. The molecule has 0 bridgehead atoms. The Morgan fingerprint density at radius 2 is 1.11 bits per heavy atom. The van der Waals surface area contributed by atoms with Gasteiger partial charge < -0.3 is 26.6 Å². The number of rotatable bonds is 1. The van der Waals surface area contributed by atoms with Crippen LogP contribution in [0.3, 0.4) is 0 Å². The lowest BCUT2D eigenvalue weighted by Crippen LogP contribution is -2.46. The average molecular weight is 298 g/mol. The van der Waals surface area contributed by atoms with Gasteiger partial charge in [-0.2, -0.15) is 0 Å². The zero-order valence-corrected chi connectivity index (χ0v) is 12.3. The Morgan fingerprint density at radius 1 is 0.667 bits per heavy atom. The first-order valence-electron chi connectivity index (χ1n) is 6.65. The normalized spacial score (nSPS) is 26.5. The van der Waals surface area contributed by atoms with Crippen molar-refractivity contribution in [1.29, 1.82) is 0 Å². The van der Waals surface area contributed by atoms with Crippen LogP contribution in [0.5, 0.6) is 0 Å². The van der Waals surface area contributed by atoms with Crippen LogP contribution < -0.4 is 26.6 Å². The van der Waals surface area contributed by atoms with Crippen LogP contribution >= 0.6 is 23.2 Å². The summed E-state index contributed by atoms with van der Waals surface area (Å²) >= 11 is 11.9. The maximum atomic E-state index is 5.95. The first kappa shape index (κ1) is 16.4. The highest BCUT2D eigenvalue weighted by atomic mass is 35.5. The molecule has 0 amide bonds. The molecular weight excluding hydrogens is 273 g/mol. The molecule has 1 saturated heterocycles. The van der Waals surface area contributed by atoms with E-state index in [-0.39, 0.29) is 10.9 Å². The molecule has 0 aromatic heterocycles. The second-order valence-electron chi connectivity index (χ2n) is 4.35. The summed E-state index contributed by atoms with van der Waals surface area (Å²) in [7, 11) is 0. The van der Waals surface area contributed by atoms with Gasteiger partial charge in [-0.15, -0.1) is 23.2 Å². The quantitative estimate of drug-likeness (QED) is 0.407. The molecule has 0 aliphatic carbocycles. The van der Waals surface area contributed by atoms with Gasteiger partial charge in [0.05, 0.1) is 0 Å². The molecule has 7 heteroatoms. The lowest BCUT2D eigenvalue weighted by atomic mass is 10.3. The van der Waals surface area contributed by atoms with Gasteiger partial charge in [-0.25, -0.2) is 0 Å². The van der Waals surface area contributed by atoms with Crippen LogP contribution in [0, 0.1) is 0 Å². The van der Waals surface area contributed by atoms with E-state index >= 15 is 0 Å². The summed E-state index contributed by atoms with van der Waals surface area (Å²) in [5.41, 5.74) is 0. The molecule has 1 aliphatic rings. The number of hydrogen-bond acceptors (Lipinski definition) is 5. The van der Waals surface area contributed by atoms with E-state index in [0.717, 1.165) is 58.9 Å². The van der Waals surface area contributed by atoms with Crippen molar-refractivity contribution in [2.45, 2.75) is 10.9 Å². The summed E-state index contributed by atoms with van der Waals surface area (Å²) in [5.74, 6) is 0. The number of hydrogen-bond donors (Lipinski definition) is 5. The van der Waals surface area contributed by atoms with Gasteiger partial charge in [-0.1, -0.05) is 0 Å². The zero-order valence-electron chi connectivity index (χ0n) is 10.8. The average Bonchev–Trinajstić information content (AvgIpc) is 2.36. The number of alkyl halides is 2. The highest BCUT2D eigenvalue weighted by Gasteiger charge is 2.15. The van der Waals surface area contributed by atoms with Crippen LogP contribution in [0.4, 0.5) is 0 Å². The van der Waals surface area contributed by atoms with E-state index in [0.29, 0.717) is 0 Å². The molecule has 1 rings (SSSR count). The summed E-state index contributed by atoms with van der Waals surface area (Å²) in [4.78, 5) is -0.386. The first-order chi connectivity index (χ1) is 8.80. The molecule has 1 atom stereocenters. The van der Waals surface area contributed by atoms with Crippen LogP contribution in [0.2, 0.25) is 0 Å². The molecule has 0 radical (unpaired) electrons. The second-order valence-corrected chi connectivity index (χ2v) is 5.51. The van der Waals surface area contributed by atoms with Crippen LogP contribution in [-0.4, -0.2) is 69.8 Å². The zero-order chi connectivity index (χ0) is 13.1. The standard InChI is InChI=1S/C11H25Cl2N5/c12-11(13)10-9-17-6-5-15-2-1-14-3-4-16-7-8-18-10/h10-11,14-18H,1-9H2. The van der Waals surface area contributed by atoms with Crippen molar-refractivity contribution in [1.82, 2.24) is 26.6 Å². The topological polar surface area (TPSA) is 60.1 Å². The Bertz CT molecular complexity index is 178. The van der Waals surface area contributed by atoms with E-state index in [9.17, 15) is 0 Å². The maximum Gasteiger partial charge on any atom is 0.124 e. The Balaban J connectivity index is 2.24. The molecule has 1 heterocycles. The fourth-order valence-corrected chi connectivity index (χ4v) is 2.12. The number of halogens is 2. The van der Waals surface area contributed by atoms with Gasteiger partial charge >= 0.3 is 0 Å². The first-order valence-corrected chi connectivity index (χ1v) is 7.52. The third-order valence-corrected chi connectivity index (χ3v) is 3.42. The number of nitrogens with one attached hydrogen (secondary N) is 5. The van der Waals surface area contributed by atoms with E-state index in [1.807, 2.05) is 0 Å². The molecular formula is C11H25Cl2N5. The molecule has 1 aliphatic heterocycles. The Morgan fingerprint density at radius 3 is 1.61 bits per heavy atom. The molecule has 18 heavy (non-hydrogen) atoms.